The van der Waals surface area contributed by atoms with Gasteiger partial charge < -0.3 is 28.4 Å². The number of hydrogen-bond donors (Lipinski definition) is 0. The predicted octanol–water partition coefficient (Wildman–Crippen LogP) is 3.68. The largest absolute Gasteiger partial charge is 0.493 e. The molecule has 0 radical (unpaired) electrons. The van der Waals surface area contributed by atoms with Crippen molar-refractivity contribution in [3.63, 3.8) is 0 Å². The van der Waals surface area contributed by atoms with Crippen LogP contribution in [0, 0.1) is 0 Å². The maximum Gasteiger partial charge on any atom is 0.338 e. The summed E-state index contributed by atoms with van der Waals surface area (Å²) in [6.07, 6.45) is -0.0166. The molecular weight excluding hydrogens is 376 g/mol. The summed E-state index contributed by atoms with van der Waals surface area (Å²) in [5.41, 5.74) is 1.69. The number of benzene rings is 2. The van der Waals surface area contributed by atoms with Crippen molar-refractivity contribution in [1.29, 1.82) is 0 Å². The molecule has 2 aromatic carbocycles. The highest BCUT2D eigenvalue weighted by Crippen LogP contribution is 2.53. The molecule has 7 heteroatoms. The number of esters is 1. The van der Waals surface area contributed by atoms with Crippen LogP contribution in [0.2, 0.25) is 0 Å². The molecule has 1 fully saturated rings. The second kappa shape index (κ2) is 7.15. The fourth-order valence-corrected chi connectivity index (χ4v) is 3.66. The summed E-state index contributed by atoms with van der Waals surface area (Å²) >= 11 is 0. The van der Waals surface area contributed by atoms with Gasteiger partial charge in [0.25, 0.3) is 0 Å². The standard InChI is InChI=1S/C22H24O7/c1-22(2)20-18(28-20)14-10-13(6-7-15(14)29-22)21(23)27-11-12-8-16(24-3)19(26-5)17(9-12)25-4/h6-10,18,20H,11H2,1-5H3/t18-,20-/m0/s1. The maximum absolute atomic E-state index is 12.6. The number of rotatable bonds is 6. The SMILES string of the molecule is COc1cc(COC(=O)c2ccc3c(c2)[C@@H]2O[C@@H]2C(C)(C)O3)cc(OC)c1OC. The minimum atomic E-state index is -0.427. The van der Waals surface area contributed by atoms with Crippen molar-refractivity contribution >= 4 is 5.97 Å². The van der Waals surface area contributed by atoms with E-state index in [9.17, 15) is 4.79 Å². The van der Waals surface area contributed by atoms with E-state index in [0.29, 0.717) is 22.8 Å². The van der Waals surface area contributed by atoms with Crippen LogP contribution in [0.4, 0.5) is 0 Å². The first-order chi connectivity index (χ1) is 13.9. The van der Waals surface area contributed by atoms with Crippen LogP contribution in [0.1, 0.15) is 41.4 Å². The molecular formula is C22H24O7. The van der Waals surface area contributed by atoms with Crippen molar-refractivity contribution in [2.45, 2.75) is 38.3 Å². The summed E-state index contributed by atoms with van der Waals surface area (Å²) in [7, 11) is 4.61. The highest BCUT2D eigenvalue weighted by atomic mass is 16.6. The lowest BCUT2D eigenvalue weighted by Gasteiger charge is -2.29. The van der Waals surface area contributed by atoms with Crippen LogP contribution in [0.3, 0.4) is 0 Å². The first-order valence-electron chi connectivity index (χ1n) is 9.32. The predicted molar refractivity (Wildman–Crippen MR) is 104 cm³/mol. The van der Waals surface area contributed by atoms with Gasteiger partial charge in [-0.2, -0.15) is 0 Å². The Morgan fingerprint density at radius 2 is 1.72 bits per heavy atom. The molecule has 2 aromatic rings. The van der Waals surface area contributed by atoms with Gasteiger partial charge in [-0.1, -0.05) is 0 Å². The van der Waals surface area contributed by atoms with E-state index in [4.69, 9.17) is 28.4 Å². The van der Waals surface area contributed by atoms with E-state index in [1.54, 1.807) is 30.3 Å². The van der Waals surface area contributed by atoms with Crippen LogP contribution in [-0.2, 0) is 16.1 Å². The van der Waals surface area contributed by atoms with Crippen molar-refractivity contribution in [2.75, 3.05) is 21.3 Å². The van der Waals surface area contributed by atoms with Crippen LogP contribution in [0.5, 0.6) is 23.0 Å². The molecule has 0 N–H and O–H groups in total. The summed E-state index contributed by atoms with van der Waals surface area (Å²) < 4.78 is 33.2. The Kier molecular flexibility index (Phi) is 4.78. The van der Waals surface area contributed by atoms with Crippen molar-refractivity contribution in [2.24, 2.45) is 0 Å². The molecule has 0 bridgehead atoms. The van der Waals surface area contributed by atoms with Crippen LogP contribution in [0.15, 0.2) is 30.3 Å². The number of methoxy groups -OCH3 is 3. The molecule has 2 aliphatic heterocycles. The van der Waals surface area contributed by atoms with E-state index < -0.39 is 5.97 Å². The van der Waals surface area contributed by atoms with Gasteiger partial charge in [-0.3, -0.25) is 0 Å². The third-order valence-electron chi connectivity index (χ3n) is 5.20. The van der Waals surface area contributed by atoms with Crippen molar-refractivity contribution in [3.05, 3.63) is 47.0 Å². The average molecular weight is 400 g/mol. The minimum Gasteiger partial charge on any atom is -0.493 e. The Labute approximate surface area is 169 Å². The molecule has 4 rings (SSSR count). The van der Waals surface area contributed by atoms with E-state index in [2.05, 4.69) is 0 Å². The Bertz CT molecular complexity index is 925. The van der Waals surface area contributed by atoms with E-state index in [1.165, 1.54) is 21.3 Å². The monoisotopic (exact) mass is 400 g/mol. The highest BCUT2D eigenvalue weighted by molar-refractivity contribution is 5.90. The number of fused-ring (bicyclic) bond motifs is 3. The fraction of sp³-hybridized carbons (Fsp3) is 0.409. The highest BCUT2D eigenvalue weighted by Gasteiger charge is 2.56. The molecule has 0 saturated carbocycles. The summed E-state index contributed by atoms with van der Waals surface area (Å²) in [5.74, 6) is 1.81. The van der Waals surface area contributed by atoms with Crippen molar-refractivity contribution < 1.29 is 33.2 Å². The summed E-state index contributed by atoms with van der Waals surface area (Å²) in [5, 5.41) is 0. The van der Waals surface area contributed by atoms with E-state index in [-0.39, 0.29) is 24.4 Å². The van der Waals surface area contributed by atoms with E-state index in [1.807, 2.05) is 13.8 Å². The lowest BCUT2D eigenvalue weighted by Crippen LogP contribution is -2.37. The number of hydrogen-bond acceptors (Lipinski definition) is 7. The lowest BCUT2D eigenvalue weighted by atomic mass is 9.93. The van der Waals surface area contributed by atoms with Gasteiger partial charge in [0.1, 0.15) is 30.2 Å². The van der Waals surface area contributed by atoms with Gasteiger partial charge >= 0.3 is 5.97 Å². The van der Waals surface area contributed by atoms with E-state index in [0.717, 1.165) is 16.9 Å². The zero-order valence-corrected chi connectivity index (χ0v) is 17.1. The van der Waals surface area contributed by atoms with Crippen LogP contribution in [-0.4, -0.2) is 39.0 Å². The summed E-state index contributed by atoms with van der Waals surface area (Å²) in [6.45, 7) is 4.07. The number of carbonyl (C=O) groups is 1. The van der Waals surface area contributed by atoms with Gasteiger partial charge in [0.05, 0.1) is 26.9 Å². The lowest BCUT2D eigenvalue weighted by molar-refractivity contribution is 0.0471. The number of carbonyl (C=O) groups excluding carboxylic acids is 1. The molecule has 0 aromatic heterocycles. The molecule has 0 unspecified atom stereocenters. The average Bonchev–Trinajstić information content (AvgIpc) is 3.53. The molecule has 29 heavy (non-hydrogen) atoms. The van der Waals surface area contributed by atoms with Gasteiger partial charge in [0, 0.05) is 5.56 Å². The molecule has 7 nitrogen and oxygen atoms in total. The molecule has 154 valence electrons. The van der Waals surface area contributed by atoms with Gasteiger partial charge in [0.2, 0.25) is 5.75 Å². The Morgan fingerprint density at radius 3 is 2.34 bits per heavy atom. The number of epoxide rings is 1. The van der Waals surface area contributed by atoms with E-state index >= 15 is 0 Å². The third-order valence-corrected chi connectivity index (χ3v) is 5.20. The first-order valence-corrected chi connectivity index (χ1v) is 9.32. The zero-order chi connectivity index (χ0) is 20.8. The molecule has 2 atom stereocenters. The molecule has 2 aliphatic rings. The fourth-order valence-electron chi connectivity index (χ4n) is 3.66. The summed E-state index contributed by atoms with van der Waals surface area (Å²) in [6, 6.07) is 8.78. The van der Waals surface area contributed by atoms with Gasteiger partial charge in [-0.25, -0.2) is 4.79 Å². The minimum absolute atomic E-state index is 0.0144. The van der Waals surface area contributed by atoms with Crippen molar-refractivity contribution in [1.82, 2.24) is 0 Å². The quantitative estimate of drug-likeness (QED) is 0.541. The smallest absolute Gasteiger partial charge is 0.338 e. The number of ether oxygens (including phenoxy) is 6. The van der Waals surface area contributed by atoms with Crippen LogP contribution in [0.25, 0.3) is 0 Å². The molecule has 0 amide bonds. The Morgan fingerprint density at radius 1 is 1.03 bits per heavy atom. The Balaban J connectivity index is 1.49. The maximum atomic E-state index is 12.6. The molecule has 1 saturated heterocycles. The molecule has 2 heterocycles. The van der Waals surface area contributed by atoms with Gasteiger partial charge in [0.15, 0.2) is 11.5 Å². The van der Waals surface area contributed by atoms with Crippen LogP contribution < -0.4 is 18.9 Å². The Hall–Kier alpha value is -2.93. The second-order valence-electron chi connectivity index (χ2n) is 7.55. The third kappa shape index (κ3) is 3.46. The first kappa shape index (κ1) is 19.4. The topological polar surface area (TPSA) is 75.8 Å². The van der Waals surface area contributed by atoms with Crippen LogP contribution >= 0.6 is 0 Å². The molecule has 0 spiro atoms. The van der Waals surface area contributed by atoms with Gasteiger partial charge in [-0.15, -0.1) is 0 Å². The normalized spacial score (nSPS) is 20.6. The summed E-state index contributed by atoms with van der Waals surface area (Å²) in [4.78, 5) is 12.6. The van der Waals surface area contributed by atoms with Gasteiger partial charge in [-0.05, 0) is 49.7 Å². The van der Waals surface area contributed by atoms with Crippen molar-refractivity contribution in [3.8, 4) is 23.0 Å². The zero-order valence-electron chi connectivity index (χ0n) is 17.1. The second-order valence-corrected chi connectivity index (χ2v) is 7.55. The molecule has 0 aliphatic carbocycles.